The van der Waals surface area contributed by atoms with E-state index in [2.05, 4.69) is 10.3 Å². The summed E-state index contributed by atoms with van der Waals surface area (Å²) in [4.78, 5) is 16.5. The van der Waals surface area contributed by atoms with Crippen LogP contribution in [0, 0.1) is 5.82 Å². The number of nitrogens with one attached hydrogen (secondary N) is 1. The van der Waals surface area contributed by atoms with Crippen LogP contribution in [0.1, 0.15) is 15.9 Å². The second kappa shape index (κ2) is 6.49. The average Bonchev–Trinajstić information content (AvgIpc) is 3.07. The summed E-state index contributed by atoms with van der Waals surface area (Å²) in [7, 11) is 0. The van der Waals surface area contributed by atoms with Gasteiger partial charge >= 0.3 is 0 Å². The highest BCUT2D eigenvalue weighted by Gasteiger charge is 2.10. The molecule has 0 unspecified atom stereocenters. The van der Waals surface area contributed by atoms with Gasteiger partial charge < -0.3 is 5.32 Å². The van der Waals surface area contributed by atoms with Crippen molar-refractivity contribution >= 4 is 17.2 Å². The molecule has 0 fully saturated rings. The van der Waals surface area contributed by atoms with Crippen LogP contribution in [0.5, 0.6) is 0 Å². The first-order valence-corrected chi connectivity index (χ1v) is 7.68. The Balaban J connectivity index is 1.76. The zero-order valence-electron chi connectivity index (χ0n) is 11.6. The maximum Gasteiger partial charge on any atom is 0.251 e. The van der Waals surface area contributed by atoms with Crippen molar-refractivity contribution < 1.29 is 9.18 Å². The van der Waals surface area contributed by atoms with E-state index in [-0.39, 0.29) is 5.91 Å². The molecule has 110 valence electrons. The minimum absolute atomic E-state index is 0.306. The summed E-state index contributed by atoms with van der Waals surface area (Å²) >= 11 is 1.60. The van der Waals surface area contributed by atoms with Gasteiger partial charge in [0.15, 0.2) is 0 Å². The number of thiophene rings is 1. The zero-order valence-corrected chi connectivity index (χ0v) is 12.4. The number of benzene rings is 1. The van der Waals surface area contributed by atoms with Crippen molar-refractivity contribution in [3.63, 3.8) is 0 Å². The van der Waals surface area contributed by atoms with Crippen LogP contribution < -0.4 is 5.32 Å². The molecule has 1 N–H and O–H groups in total. The smallest absolute Gasteiger partial charge is 0.251 e. The van der Waals surface area contributed by atoms with Gasteiger partial charge in [0.25, 0.3) is 5.91 Å². The lowest BCUT2D eigenvalue weighted by atomic mass is 10.1. The first-order valence-electron chi connectivity index (χ1n) is 6.74. The van der Waals surface area contributed by atoms with Gasteiger partial charge in [-0.2, -0.15) is 11.3 Å². The Morgan fingerprint density at radius 1 is 1.23 bits per heavy atom. The van der Waals surface area contributed by atoms with Gasteiger partial charge in [-0.05, 0) is 41.3 Å². The molecular weight excluding hydrogens is 299 g/mol. The number of halogens is 1. The number of amides is 1. The average molecular weight is 312 g/mol. The Morgan fingerprint density at radius 2 is 2.14 bits per heavy atom. The molecule has 0 spiro atoms. The van der Waals surface area contributed by atoms with Crippen molar-refractivity contribution in [2.75, 3.05) is 0 Å². The van der Waals surface area contributed by atoms with Gasteiger partial charge in [-0.3, -0.25) is 9.78 Å². The fraction of sp³-hybridized carbons (Fsp3) is 0.0588. The lowest BCUT2D eigenvalue weighted by molar-refractivity contribution is 0.0950. The third-order valence-corrected chi connectivity index (χ3v) is 3.90. The Bertz CT molecular complexity index is 787. The standard InChI is InChI=1S/C17H13FN2OS/c18-15-5-1-3-12(9-15)17(21)20-10-13-4-2-7-19-16(13)14-6-8-22-11-14/h1-9,11H,10H2,(H,20,21). The number of carbonyl (C=O) groups is 1. The lowest BCUT2D eigenvalue weighted by Gasteiger charge is -2.09. The number of pyridine rings is 1. The number of nitrogens with zero attached hydrogens (tertiary/aromatic N) is 1. The molecule has 1 aromatic carbocycles. The van der Waals surface area contributed by atoms with Crippen LogP contribution in [-0.4, -0.2) is 10.9 Å². The fourth-order valence-electron chi connectivity index (χ4n) is 2.15. The summed E-state index contributed by atoms with van der Waals surface area (Å²) in [5.41, 5.74) is 3.11. The van der Waals surface area contributed by atoms with Crippen molar-refractivity contribution in [3.05, 3.63) is 76.4 Å². The molecule has 2 heterocycles. The molecule has 0 saturated heterocycles. The molecule has 3 rings (SSSR count). The van der Waals surface area contributed by atoms with Gasteiger partial charge in [-0.1, -0.05) is 12.1 Å². The highest BCUT2D eigenvalue weighted by molar-refractivity contribution is 7.08. The Morgan fingerprint density at radius 3 is 2.91 bits per heavy atom. The minimum atomic E-state index is -0.423. The molecule has 0 bridgehead atoms. The Kier molecular flexibility index (Phi) is 4.25. The largest absolute Gasteiger partial charge is 0.348 e. The predicted octanol–water partition coefficient (Wildman–Crippen LogP) is 3.88. The zero-order chi connectivity index (χ0) is 15.4. The van der Waals surface area contributed by atoms with Gasteiger partial charge in [0.2, 0.25) is 0 Å². The first kappa shape index (κ1) is 14.4. The highest BCUT2D eigenvalue weighted by atomic mass is 32.1. The summed E-state index contributed by atoms with van der Waals surface area (Å²) in [5.74, 6) is -0.729. The molecule has 0 atom stereocenters. The quantitative estimate of drug-likeness (QED) is 0.794. The van der Waals surface area contributed by atoms with E-state index in [0.29, 0.717) is 12.1 Å². The van der Waals surface area contributed by atoms with Gasteiger partial charge in [-0.25, -0.2) is 4.39 Å². The molecule has 3 nitrogen and oxygen atoms in total. The van der Waals surface area contributed by atoms with Crippen molar-refractivity contribution in [3.8, 4) is 11.3 Å². The molecule has 0 saturated carbocycles. The molecule has 2 aromatic heterocycles. The second-order valence-corrected chi connectivity index (χ2v) is 5.50. The van der Waals surface area contributed by atoms with Crippen LogP contribution in [0.2, 0.25) is 0 Å². The molecule has 5 heteroatoms. The number of aromatic nitrogens is 1. The predicted molar refractivity (Wildman–Crippen MR) is 85.1 cm³/mol. The van der Waals surface area contributed by atoms with E-state index in [0.717, 1.165) is 16.8 Å². The summed E-state index contributed by atoms with van der Waals surface area (Å²) in [6.45, 7) is 0.342. The van der Waals surface area contributed by atoms with Crippen LogP contribution in [-0.2, 0) is 6.54 Å². The van der Waals surface area contributed by atoms with Crippen molar-refractivity contribution in [2.45, 2.75) is 6.54 Å². The van der Waals surface area contributed by atoms with Crippen LogP contribution >= 0.6 is 11.3 Å². The highest BCUT2D eigenvalue weighted by Crippen LogP contribution is 2.23. The summed E-state index contributed by atoms with van der Waals surface area (Å²) in [6, 6.07) is 11.4. The third-order valence-electron chi connectivity index (χ3n) is 3.21. The molecule has 0 aliphatic carbocycles. The van der Waals surface area contributed by atoms with E-state index in [1.165, 1.54) is 18.2 Å². The monoisotopic (exact) mass is 312 g/mol. The van der Waals surface area contributed by atoms with Gasteiger partial charge in [0, 0.05) is 29.2 Å². The van der Waals surface area contributed by atoms with Crippen LogP contribution in [0.3, 0.4) is 0 Å². The third kappa shape index (κ3) is 3.20. The summed E-state index contributed by atoms with van der Waals surface area (Å²) < 4.78 is 13.2. The van der Waals surface area contributed by atoms with Crippen LogP contribution in [0.15, 0.2) is 59.4 Å². The maximum atomic E-state index is 13.2. The summed E-state index contributed by atoms with van der Waals surface area (Å²) in [6.07, 6.45) is 1.73. The van der Waals surface area contributed by atoms with E-state index in [1.807, 2.05) is 29.0 Å². The van der Waals surface area contributed by atoms with Crippen LogP contribution in [0.4, 0.5) is 4.39 Å². The number of hydrogen-bond acceptors (Lipinski definition) is 3. The second-order valence-electron chi connectivity index (χ2n) is 4.72. The fourth-order valence-corrected chi connectivity index (χ4v) is 2.79. The molecule has 1 amide bonds. The first-order chi connectivity index (χ1) is 10.7. The lowest BCUT2D eigenvalue weighted by Crippen LogP contribution is -2.23. The molecule has 3 aromatic rings. The molecule has 22 heavy (non-hydrogen) atoms. The minimum Gasteiger partial charge on any atom is -0.348 e. The molecule has 0 aliphatic rings. The van der Waals surface area contributed by atoms with Crippen molar-refractivity contribution in [1.29, 1.82) is 0 Å². The van der Waals surface area contributed by atoms with Crippen molar-refractivity contribution in [2.24, 2.45) is 0 Å². The number of carbonyl (C=O) groups excluding carboxylic acids is 1. The number of hydrogen-bond donors (Lipinski definition) is 1. The molecule has 0 radical (unpaired) electrons. The van der Waals surface area contributed by atoms with E-state index >= 15 is 0 Å². The topological polar surface area (TPSA) is 42.0 Å². The van der Waals surface area contributed by atoms with E-state index in [1.54, 1.807) is 23.6 Å². The van der Waals surface area contributed by atoms with Gasteiger partial charge in [0.1, 0.15) is 5.82 Å². The summed E-state index contributed by atoms with van der Waals surface area (Å²) in [5, 5.41) is 6.80. The van der Waals surface area contributed by atoms with Gasteiger partial charge in [-0.15, -0.1) is 0 Å². The maximum absolute atomic E-state index is 13.2. The van der Waals surface area contributed by atoms with E-state index in [9.17, 15) is 9.18 Å². The SMILES string of the molecule is O=C(NCc1cccnc1-c1ccsc1)c1cccc(F)c1. The van der Waals surface area contributed by atoms with E-state index < -0.39 is 5.82 Å². The molecular formula is C17H13FN2OS. The Labute approximate surface area is 131 Å². The van der Waals surface area contributed by atoms with Crippen LogP contribution in [0.25, 0.3) is 11.3 Å². The molecule has 0 aliphatic heterocycles. The number of rotatable bonds is 4. The van der Waals surface area contributed by atoms with Crippen molar-refractivity contribution in [1.82, 2.24) is 10.3 Å². The van der Waals surface area contributed by atoms with E-state index in [4.69, 9.17) is 0 Å². The normalized spacial score (nSPS) is 10.4. The Hall–Kier alpha value is -2.53. The van der Waals surface area contributed by atoms with Gasteiger partial charge in [0.05, 0.1) is 5.69 Å².